The van der Waals surface area contributed by atoms with Crippen LogP contribution in [0.2, 0.25) is 0 Å². The zero-order valence-electron chi connectivity index (χ0n) is 18.7. The van der Waals surface area contributed by atoms with Crippen LogP contribution in [0, 0.1) is 12.7 Å². The van der Waals surface area contributed by atoms with Crippen molar-refractivity contribution in [3.05, 3.63) is 83.7 Å². The highest BCUT2D eigenvalue weighted by Gasteiger charge is 2.47. The van der Waals surface area contributed by atoms with Crippen LogP contribution < -0.4 is 14.4 Å². The summed E-state index contributed by atoms with van der Waals surface area (Å²) in [7, 11) is -4.18. The fraction of sp³-hybridized carbons (Fsp3) is 0.200. The van der Waals surface area contributed by atoms with Gasteiger partial charge in [-0.25, -0.2) is 17.7 Å². The molecule has 0 aliphatic carbocycles. The van der Waals surface area contributed by atoms with Gasteiger partial charge in [-0.3, -0.25) is 9.59 Å². The van der Waals surface area contributed by atoms with Gasteiger partial charge in [0.1, 0.15) is 11.9 Å². The van der Waals surface area contributed by atoms with E-state index in [1.807, 2.05) is 6.92 Å². The highest BCUT2D eigenvalue weighted by atomic mass is 32.2. The van der Waals surface area contributed by atoms with E-state index in [0.717, 1.165) is 26.9 Å². The number of hydrogen-bond acceptors (Lipinski definition) is 6. The maximum atomic E-state index is 13.7. The number of hydrogen-bond donors (Lipinski definition) is 0. The van der Waals surface area contributed by atoms with Gasteiger partial charge in [0, 0.05) is 6.54 Å². The van der Waals surface area contributed by atoms with Crippen molar-refractivity contribution in [2.45, 2.75) is 30.8 Å². The maximum absolute atomic E-state index is 13.7. The van der Waals surface area contributed by atoms with Gasteiger partial charge in [0.2, 0.25) is 22.7 Å². The molecule has 0 radical (unpaired) electrons. The van der Waals surface area contributed by atoms with E-state index in [1.54, 1.807) is 30.3 Å². The van der Waals surface area contributed by atoms with Crippen molar-refractivity contribution in [2.24, 2.45) is 0 Å². The molecule has 8 nitrogen and oxygen atoms in total. The molecule has 2 heterocycles. The van der Waals surface area contributed by atoms with Gasteiger partial charge in [-0.15, -0.1) is 0 Å². The fourth-order valence-corrected chi connectivity index (χ4v) is 5.70. The van der Waals surface area contributed by atoms with Crippen LogP contribution >= 0.6 is 0 Å². The lowest BCUT2D eigenvalue weighted by Crippen LogP contribution is -2.45. The summed E-state index contributed by atoms with van der Waals surface area (Å²) in [6, 6.07) is 14.9. The number of fused-ring (bicyclic) bond motifs is 1. The molecule has 0 N–H and O–H groups in total. The SMILES string of the molecule is Cc1ccc(S(=O)(=O)N(Cc2ccc3c(c2)OCO3)C2CC(=O)N(c3ccc(F)cc3)C2=O)cc1. The first kappa shape index (κ1) is 23.0. The summed E-state index contributed by atoms with van der Waals surface area (Å²) in [5, 5.41) is 0. The number of ether oxygens (including phenoxy) is 2. The molecule has 1 atom stereocenters. The van der Waals surface area contributed by atoms with Crippen molar-refractivity contribution >= 4 is 27.5 Å². The number of carbonyl (C=O) groups is 2. The van der Waals surface area contributed by atoms with Crippen LogP contribution in [0.5, 0.6) is 11.5 Å². The molecule has 0 aromatic heterocycles. The average Bonchev–Trinajstić information content (AvgIpc) is 3.41. The second kappa shape index (κ2) is 8.79. The van der Waals surface area contributed by atoms with Gasteiger partial charge in [-0.1, -0.05) is 23.8 Å². The standard InChI is InChI=1S/C25H21FN2O6S/c1-16-2-9-20(10-3-16)35(31,32)27(14-17-4-11-22-23(12-17)34-15-33-22)21-13-24(29)28(25(21)30)19-7-5-18(26)6-8-19/h2-12,21H,13-15H2,1H3. The number of benzene rings is 3. The van der Waals surface area contributed by atoms with E-state index in [4.69, 9.17) is 9.47 Å². The second-order valence-corrected chi connectivity index (χ2v) is 10.2. The summed E-state index contributed by atoms with van der Waals surface area (Å²) in [6.07, 6.45) is -0.341. The van der Waals surface area contributed by atoms with Crippen molar-refractivity contribution in [1.82, 2.24) is 4.31 Å². The molecule has 1 unspecified atom stereocenters. The quantitative estimate of drug-likeness (QED) is 0.486. The Balaban J connectivity index is 1.54. The van der Waals surface area contributed by atoms with E-state index in [2.05, 4.69) is 0 Å². The Morgan fingerprint density at radius 3 is 2.37 bits per heavy atom. The smallest absolute Gasteiger partial charge is 0.252 e. The Morgan fingerprint density at radius 1 is 0.971 bits per heavy atom. The summed E-state index contributed by atoms with van der Waals surface area (Å²) in [6.45, 7) is 1.72. The molecule has 0 bridgehead atoms. The molecule has 2 aliphatic rings. The first-order valence-corrected chi connectivity index (χ1v) is 12.3. The van der Waals surface area contributed by atoms with E-state index in [0.29, 0.717) is 17.1 Å². The van der Waals surface area contributed by atoms with Gasteiger partial charge < -0.3 is 9.47 Å². The van der Waals surface area contributed by atoms with Gasteiger partial charge in [-0.05, 0) is 61.0 Å². The van der Waals surface area contributed by atoms with Crippen LogP contribution in [0.3, 0.4) is 0 Å². The monoisotopic (exact) mass is 496 g/mol. The third kappa shape index (κ3) is 4.26. The van der Waals surface area contributed by atoms with Crippen LogP contribution in [0.1, 0.15) is 17.5 Å². The van der Waals surface area contributed by atoms with Crippen molar-refractivity contribution in [1.29, 1.82) is 0 Å². The maximum Gasteiger partial charge on any atom is 0.252 e. The van der Waals surface area contributed by atoms with Crippen molar-refractivity contribution in [3.8, 4) is 11.5 Å². The van der Waals surface area contributed by atoms with Crippen LogP contribution in [-0.2, 0) is 26.2 Å². The highest BCUT2D eigenvalue weighted by molar-refractivity contribution is 7.89. The van der Waals surface area contributed by atoms with Crippen molar-refractivity contribution < 1.29 is 31.9 Å². The predicted molar refractivity (Wildman–Crippen MR) is 124 cm³/mol. The molecule has 35 heavy (non-hydrogen) atoms. The predicted octanol–water partition coefficient (Wildman–Crippen LogP) is 3.39. The van der Waals surface area contributed by atoms with Crippen molar-refractivity contribution in [3.63, 3.8) is 0 Å². The third-order valence-corrected chi connectivity index (χ3v) is 7.83. The van der Waals surface area contributed by atoms with E-state index < -0.39 is 33.7 Å². The minimum Gasteiger partial charge on any atom is -0.454 e. The molecule has 2 amide bonds. The van der Waals surface area contributed by atoms with Gasteiger partial charge in [0.15, 0.2) is 11.5 Å². The lowest BCUT2D eigenvalue weighted by molar-refractivity contribution is -0.122. The molecule has 180 valence electrons. The van der Waals surface area contributed by atoms with E-state index >= 15 is 0 Å². The number of nitrogens with zero attached hydrogens (tertiary/aromatic N) is 2. The number of aryl methyl sites for hydroxylation is 1. The summed E-state index contributed by atoms with van der Waals surface area (Å²) in [4.78, 5) is 27.2. The fourth-order valence-electron chi connectivity index (χ4n) is 4.13. The van der Waals surface area contributed by atoms with Crippen LogP contribution in [-0.4, -0.2) is 37.4 Å². The Labute approximate surface area is 201 Å². The molecule has 1 saturated heterocycles. The lowest BCUT2D eigenvalue weighted by Gasteiger charge is -2.27. The van der Waals surface area contributed by atoms with Gasteiger partial charge in [0.25, 0.3) is 5.91 Å². The number of halogens is 1. The van der Waals surface area contributed by atoms with Gasteiger partial charge >= 0.3 is 0 Å². The molecule has 1 fully saturated rings. The van der Waals surface area contributed by atoms with E-state index in [9.17, 15) is 22.4 Å². The third-order valence-electron chi connectivity index (χ3n) is 5.96. The summed E-state index contributed by atoms with van der Waals surface area (Å²) in [5.74, 6) is -0.775. The second-order valence-electron chi connectivity index (χ2n) is 8.31. The molecule has 3 aromatic carbocycles. The zero-order valence-corrected chi connectivity index (χ0v) is 19.5. The van der Waals surface area contributed by atoms with Crippen LogP contribution in [0.4, 0.5) is 10.1 Å². The first-order chi connectivity index (χ1) is 16.7. The Hall–Kier alpha value is -3.76. The first-order valence-electron chi connectivity index (χ1n) is 10.8. The minimum atomic E-state index is -4.18. The molecule has 3 aromatic rings. The molecule has 0 saturated carbocycles. The Morgan fingerprint density at radius 2 is 1.66 bits per heavy atom. The molecule has 10 heteroatoms. The normalized spacial score (nSPS) is 17.5. The number of rotatable bonds is 6. The largest absolute Gasteiger partial charge is 0.454 e. The molecule has 0 spiro atoms. The Bertz CT molecular complexity index is 1410. The lowest BCUT2D eigenvalue weighted by atomic mass is 10.1. The number of anilines is 1. The van der Waals surface area contributed by atoms with Crippen LogP contribution in [0.25, 0.3) is 0 Å². The average molecular weight is 497 g/mol. The zero-order chi connectivity index (χ0) is 24.7. The Kier molecular flexibility index (Phi) is 5.78. The summed E-state index contributed by atoms with van der Waals surface area (Å²) < 4.78 is 52.6. The molecular formula is C25H21FN2O6S. The number of amides is 2. The number of imide groups is 1. The molecule has 2 aliphatic heterocycles. The highest BCUT2D eigenvalue weighted by Crippen LogP contribution is 2.35. The van der Waals surface area contributed by atoms with Gasteiger partial charge in [-0.2, -0.15) is 4.31 Å². The summed E-state index contributed by atoms with van der Waals surface area (Å²) in [5.41, 5.74) is 1.62. The minimum absolute atomic E-state index is 0.00400. The number of carbonyl (C=O) groups excluding carboxylic acids is 2. The van der Waals surface area contributed by atoms with Crippen molar-refractivity contribution in [2.75, 3.05) is 11.7 Å². The van der Waals surface area contributed by atoms with E-state index in [1.165, 1.54) is 24.3 Å². The van der Waals surface area contributed by atoms with Gasteiger partial charge in [0.05, 0.1) is 17.0 Å². The number of sulfonamides is 1. The summed E-state index contributed by atoms with van der Waals surface area (Å²) >= 11 is 0. The topological polar surface area (TPSA) is 93.2 Å². The van der Waals surface area contributed by atoms with E-state index in [-0.39, 0.29) is 30.3 Å². The molecular weight excluding hydrogens is 475 g/mol. The van der Waals surface area contributed by atoms with Crippen LogP contribution in [0.15, 0.2) is 71.6 Å². The molecule has 5 rings (SSSR count).